The van der Waals surface area contributed by atoms with Crippen molar-refractivity contribution in [2.24, 2.45) is 0 Å². The monoisotopic (exact) mass is 494 g/mol. The number of amides is 2. The molecule has 8 nitrogen and oxygen atoms in total. The van der Waals surface area contributed by atoms with Crippen molar-refractivity contribution in [1.29, 1.82) is 0 Å². The predicted molar refractivity (Wildman–Crippen MR) is 140 cm³/mol. The number of aromatic nitrogens is 2. The molecule has 4 aromatic rings. The van der Waals surface area contributed by atoms with Crippen LogP contribution in [0, 0.1) is 0 Å². The molecular weight excluding hydrogens is 468 g/mol. The number of carbonyl (C=O) groups is 3. The molecule has 0 spiro atoms. The summed E-state index contributed by atoms with van der Waals surface area (Å²) in [7, 11) is 0. The summed E-state index contributed by atoms with van der Waals surface area (Å²) in [6, 6.07) is 23.7. The van der Waals surface area contributed by atoms with Crippen LogP contribution in [-0.2, 0) is 16.0 Å². The van der Waals surface area contributed by atoms with Gasteiger partial charge >= 0.3 is 5.97 Å². The predicted octanol–water partition coefficient (Wildman–Crippen LogP) is 3.74. The van der Waals surface area contributed by atoms with Gasteiger partial charge in [0.15, 0.2) is 5.82 Å². The van der Waals surface area contributed by atoms with Crippen LogP contribution in [-0.4, -0.2) is 44.9 Å². The molecule has 0 saturated heterocycles. The zero-order valence-electron chi connectivity index (χ0n) is 20.2. The molecule has 186 valence electrons. The highest BCUT2D eigenvalue weighted by Gasteiger charge is 2.25. The fraction of sp³-hybridized carbons (Fsp3) is 0.138. The van der Waals surface area contributed by atoms with E-state index in [1.807, 2.05) is 54.6 Å². The van der Waals surface area contributed by atoms with Gasteiger partial charge in [0.05, 0.1) is 0 Å². The zero-order chi connectivity index (χ0) is 26.2. The molecule has 2 atom stereocenters. The Labute approximate surface area is 214 Å². The quantitative estimate of drug-likeness (QED) is 0.326. The van der Waals surface area contributed by atoms with Gasteiger partial charge in [-0.1, -0.05) is 72.8 Å². The summed E-state index contributed by atoms with van der Waals surface area (Å²) in [5, 5.41) is 14.3. The third-order valence-corrected chi connectivity index (χ3v) is 5.80. The SMILES string of the molecule is CC(NC(=O)C(Cc1ccc(-c2ncc(-c3ccccc3)cn2)cc1)NC(=O)c1ccccc1)C(=O)O. The van der Waals surface area contributed by atoms with E-state index in [4.69, 9.17) is 5.11 Å². The first-order valence-corrected chi connectivity index (χ1v) is 11.8. The number of hydrogen-bond donors (Lipinski definition) is 3. The Balaban J connectivity index is 1.49. The van der Waals surface area contributed by atoms with Crippen molar-refractivity contribution in [3.05, 3.63) is 108 Å². The molecule has 3 N–H and O–H groups in total. The minimum absolute atomic E-state index is 0.171. The molecule has 0 saturated carbocycles. The van der Waals surface area contributed by atoms with Crippen LogP contribution in [0.3, 0.4) is 0 Å². The summed E-state index contributed by atoms with van der Waals surface area (Å²) in [6.07, 6.45) is 3.72. The lowest BCUT2D eigenvalue weighted by Gasteiger charge is -2.20. The molecule has 0 aliphatic heterocycles. The number of hydrogen-bond acceptors (Lipinski definition) is 5. The summed E-state index contributed by atoms with van der Waals surface area (Å²) in [5.41, 5.74) is 3.93. The molecule has 1 aromatic heterocycles. The van der Waals surface area contributed by atoms with Crippen LogP contribution in [0.5, 0.6) is 0 Å². The van der Waals surface area contributed by atoms with Crippen molar-refractivity contribution in [2.75, 3.05) is 0 Å². The smallest absolute Gasteiger partial charge is 0.325 e. The molecule has 2 unspecified atom stereocenters. The van der Waals surface area contributed by atoms with Crippen LogP contribution in [0.25, 0.3) is 22.5 Å². The number of carboxylic acid groups (broad SMARTS) is 1. The van der Waals surface area contributed by atoms with Crippen molar-refractivity contribution in [2.45, 2.75) is 25.4 Å². The molecular formula is C29H26N4O4. The third kappa shape index (κ3) is 6.64. The van der Waals surface area contributed by atoms with Crippen LogP contribution in [0.15, 0.2) is 97.3 Å². The topological polar surface area (TPSA) is 121 Å². The molecule has 2 amide bonds. The van der Waals surface area contributed by atoms with E-state index in [0.717, 1.165) is 22.3 Å². The van der Waals surface area contributed by atoms with E-state index in [2.05, 4.69) is 20.6 Å². The average Bonchev–Trinajstić information content (AvgIpc) is 2.94. The maximum Gasteiger partial charge on any atom is 0.325 e. The molecule has 0 fully saturated rings. The van der Waals surface area contributed by atoms with Gasteiger partial charge in [0.2, 0.25) is 5.91 Å². The van der Waals surface area contributed by atoms with E-state index in [9.17, 15) is 14.4 Å². The van der Waals surface area contributed by atoms with E-state index >= 15 is 0 Å². The van der Waals surface area contributed by atoms with E-state index < -0.39 is 29.9 Å². The number of nitrogens with zero attached hydrogens (tertiary/aromatic N) is 2. The summed E-state index contributed by atoms with van der Waals surface area (Å²) in [6.45, 7) is 1.37. The fourth-order valence-corrected chi connectivity index (χ4v) is 3.70. The lowest BCUT2D eigenvalue weighted by atomic mass is 10.0. The maximum atomic E-state index is 12.9. The highest BCUT2D eigenvalue weighted by molar-refractivity contribution is 5.98. The second-order valence-corrected chi connectivity index (χ2v) is 8.52. The van der Waals surface area contributed by atoms with Crippen LogP contribution in [0.2, 0.25) is 0 Å². The van der Waals surface area contributed by atoms with E-state index in [1.54, 1.807) is 42.7 Å². The lowest BCUT2D eigenvalue weighted by molar-refractivity contribution is -0.141. The van der Waals surface area contributed by atoms with Gasteiger partial charge in [-0.05, 0) is 30.2 Å². The van der Waals surface area contributed by atoms with E-state index in [-0.39, 0.29) is 6.42 Å². The molecule has 37 heavy (non-hydrogen) atoms. The van der Waals surface area contributed by atoms with Crippen LogP contribution in [0.1, 0.15) is 22.8 Å². The molecule has 8 heteroatoms. The first kappa shape index (κ1) is 25.2. The number of nitrogens with one attached hydrogen (secondary N) is 2. The third-order valence-electron chi connectivity index (χ3n) is 5.80. The number of carboxylic acids is 1. The summed E-state index contributed by atoms with van der Waals surface area (Å²) < 4.78 is 0. The number of aliphatic carboxylic acids is 1. The Morgan fingerprint density at radius 3 is 1.95 bits per heavy atom. The number of rotatable bonds is 9. The van der Waals surface area contributed by atoms with Crippen molar-refractivity contribution >= 4 is 17.8 Å². The first-order valence-electron chi connectivity index (χ1n) is 11.8. The van der Waals surface area contributed by atoms with Crippen molar-refractivity contribution in [1.82, 2.24) is 20.6 Å². The second-order valence-electron chi connectivity index (χ2n) is 8.52. The molecule has 4 rings (SSSR count). The minimum atomic E-state index is -1.16. The normalized spacial score (nSPS) is 12.2. The van der Waals surface area contributed by atoms with Crippen molar-refractivity contribution in [3.8, 4) is 22.5 Å². The van der Waals surface area contributed by atoms with Gasteiger partial charge < -0.3 is 15.7 Å². The molecule has 0 radical (unpaired) electrons. The number of benzene rings is 3. The lowest BCUT2D eigenvalue weighted by Crippen LogP contribution is -2.51. The molecule has 0 aliphatic rings. The highest BCUT2D eigenvalue weighted by Crippen LogP contribution is 2.21. The Morgan fingerprint density at radius 1 is 0.757 bits per heavy atom. The summed E-state index contributed by atoms with van der Waals surface area (Å²) in [4.78, 5) is 45.7. The average molecular weight is 495 g/mol. The van der Waals surface area contributed by atoms with Gasteiger partial charge in [0, 0.05) is 35.5 Å². The molecule has 0 aliphatic carbocycles. The number of carbonyl (C=O) groups excluding carboxylic acids is 2. The van der Waals surface area contributed by atoms with E-state index in [0.29, 0.717) is 11.4 Å². The van der Waals surface area contributed by atoms with Gasteiger partial charge in [-0.3, -0.25) is 14.4 Å². The summed E-state index contributed by atoms with van der Waals surface area (Å²) >= 11 is 0. The van der Waals surface area contributed by atoms with Crippen LogP contribution in [0.4, 0.5) is 0 Å². The Kier molecular flexibility index (Phi) is 8.00. The first-order chi connectivity index (χ1) is 17.9. The van der Waals surface area contributed by atoms with Gasteiger partial charge in [0.1, 0.15) is 12.1 Å². The molecule has 1 heterocycles. The minimum Gasteiger partial charge on any atom is -0.480 e. The zero-order valence-corrected chi connectivity index (χ0v) is 20.2. The largest absolute Gasteiger partial charge is 0.480 e. The highest BCUT2D eigenvalue weighted by atomic mass is 16.4. The van der Waals surface area contributed by atoms with Gasteiger partial charge in [-0.2, -0.15) is 0 Å². The Morgan fingerprint density at radius 2 is 1.35 bits per heavy atom. The molecule has 0 bridgehead atoms. The maximum absolute atomic E-state index is 12.9. The van der Waals surface area contributed by atoms with Crippen LogP contribution < -0.4 is 10.6 Å². The molecule has 3 aromatic carbocycles. The van der Waals surface area contributed by atoms with Crippen molar-refractivity contribution < 1.29 is 19.5 Å². The standard InChI is InChI=1S/C29H26N4O4/c1-19(29(36)37)32-28(35)25(33-27(34)23-10-6-3-7-11-23)16-20-12-14-22(15-13-20)26-30-17-24(18-31-26)21-8-4-2-5-9-21/h2-15,17-19,25H,16H2,1H3,(H,32,35)(H,33,34)(H,36,37). The van der Waals surface area contributed by atoms with E-state index in [1.165, 1.54) is 6.92 Å². The Bertz CT molecular complexity index is 1360. The summed E-state index contributed by atoms with van der Waals surface area (Å²) in [5.74, 6) is -1.60. The van der Waals surface area contributed by atoms with Gasteiger partial charge in [-0.15, -0.1) is 0 Å². The fourth-order valence-electron chi connectivity index (χ4n) is 3.70. The second kappa shape index (κ2) is 11.7. The van der Waals surface area contributed by atoms with Crippen molar-refractivity contribution in [3.63, 3.8) is 0 Å². The van der Waals surface area contributed by atoms with Gasteiger partial charge in [-0.25, -0.2) is 9.97 Å². The Hall–Kier alpha value is -4.85. The van der Waals surface area contributed by atoms with Crippen LogP contribution >= 0.6 is 0 Å². The van der Waals surface area contributed by atoms with Gasteiger partial charge in [0.25, 0.3) is 5.91 Å².